The first-order chi connectivity index (χ1) is 7.65. The summed E-state index contributed by atoms with van der Waals surface area (Å²) in [6.45, 7) is 3.87. The van der Waals surface area contributed by atoms with E-state index in [1.165, 1.54) is 10.8 Å². The zero-order chi connectivity index (χ0) is 12.0. The monoisotopic (exact) mass is 226 g/mol. The van der Waals surface area contributed by atoms with Crippen LogP contribution >= 0.6 is 0 Å². The summed E-state index contributed by atoms with van der Waals surface area (Å²) in [5, 5.41) is 13.6. The van der Waals surface area contributed by atoms with Crippen LogP contribution in [0, 0.1) is 10.1 Å². The van der Waals surface area contributed by atoms with Crippen molar-refractivity contribution in [1.29, 1.82) is 0 Å². The molecule has 0 unspecified atom stereocenters. The predicted octanol–water partition coefficient (Wildman–Crippen LogP) is 0.151. The molecule has 7 heteroatoms. The topological polar surface area (TPSA) is 90.1 Å². The number of rotatable bonds is 6. The third-order valence-corrected chi connectivity index (χ3v) is 2.01. The van der Waals surface area contributed by atoms with E-state index in [1.54, 1.807) is 0 Å². The van der Waals surface area contributed by atoms with Crippen molar-refractivity contribution in [2.45, 2.75) is 19.9 Å². The maximum absolute atomic E-state index is 11.3. The van der Waals surface area contributed by atoms with Gasteiger partial charge in [0.05, 0.1) is 11.1 Å². The van der Waals surface area contributed by atoms with E-state index >= 15 is 0 Å². The molecular weight excluding hydrogens is 212 g/mol. The van der Waals surface area contributed by atoms with E-state index in [-0.39, 0.29) is 5.69 Å². The first-order valence-electron chi connectivity index (χ1n) is 5.06. The van der Waals surface area contributed by atoms with Gasteiger partial charge in [0.2, 0.25) is 0 Å². The first kappa shape index (κ1) is 12.3. The minimum absolute atomic E-state index is 0.171. The molecule has 1 rings (SSSR count). The number of hydrogen-bond acceptors (Lipinski definition) is 5. The van der Waals surface area contributed by atoms with E-state index in [4.69, 9.17) is 0 Å². The van der Waals surface area contributed by atoms with Crippen LogP contribution in [-0.4, -0.2) is 27.6 Å². The minimum atomic E-state index is -0.567. The number of nitrogens with zero attached hydrogens (tertiary/aromatic N) is 3. The zero-order valence-electron chi connectivity index (χ0n) is 9.05. The fraction of sp³-hybridized carbons (Fsp3) is 0.556. The SMILES string of the molecule is CCCNCCn1cc([N+](=O)[O-])cnc1=O. The number of hydrogen-bond donors (Lipinski definition) is 1. The quantitative estimate of drug-likeness (QED) is 0.423. The number of nitro groups is 1. The van der Waals surface area contributed by atoms with Gasteiger partial charge in [-0.1, -0.05) is 6.92 Å². The van der Waals surface area contributed by atoms with Crippen LogP contribution in [0.15, 0.2) is 17.2 Å². The molecule has 0 aromatic carbocycles. The summed E-state index contributed by atoms with van der Waals surface area (Å²) in [4.78, 5) is 24.6. The summed E-state index contributed by atoms with van der Waals surface area (Å²) in [5.41, 5.74) is -0.640. The lowest BCUT2D eigenvalue weighted by Gasteiger charge is -2.05. The van der Waals surface area contributed by atoms with Crippen molar-refractivity contribution < 1.29 is 4.92 Å². The second-order valence-corrected chi connectivity index (χ2v) is 3.30. The molecule has 1 aromatic rings. The van der Waals surface area contributed by atoms with Gasteiger partial charge in [-0.3, -0.25) is 14.7 Å². The number of nitrogens with one attached hydrogen (secondary N) is 1. The highest BCUT2D eigenvalue weighted by molar-refractivity contribution is 5.20. The molecular formula is C9H14N4O3. The molecule has 0 saturated heterocycles. The van der Waals surface area contributed by atoms with Gasteiger partial charge in [0, 0.05) is 13.1 Å². The van der Waals surface area contributed by atoms with Crippen molar-refractivity contribution in [3.05, 3.63) is 33.0 Å². The Balaban J connectivity index is 2.67. The van der Waals surface area contributed by atoms with Crippen LogP contribution in [0.4, 0.5) is 5.69 Å². The molecule has 1 heterocycles. The van der Waals surface area contributed by atoms with Gasteiger partial charge < -0.3 is 5.32 Å². The Morgan fingerprint density at radius 2 is 2.31 bits per heavy atom. The normalized spacial score (nSPS) is 10.3. The Morgan fingerprint density at radius 1 is 1.56 bits per heavy atom. The van der Waals surface area contributed by atoms with Crippen molar-refractivity contribution in [1.82, 2.24) is 14.9 Å². The smallest absolute Gasteiger partial charge is 0.315 e. The van der Waals surface area contributed by atoms with Crippen molar-refractivity contribution in [3.63, 3.8) is 0 Å². The van der Waals surface area contributed by atoms with Crippen LogP contribution in [0.2, 0.25) is 0 Å². The Morgan fingerprint density at radius 3 is 2.94 bits per heavy atom. The first-order valence-corrected chi connectivity index (χ1v) is 5.06. The predicted molar refractivity (Wildman–Crippen MR) is 58.3 cm³/mol. The van der Waals surface area contributed by atoms with Gasteiger partial charge >= 0.3 is 11.4 Å². The average molecular weight is 226 g/mol. The van der Waals surface area contributed by atoms with Gasteiger partial charge in [-0.25, -0.2) is 4.79 Å². The molecule has 1 aromatic heterocycles. The molecule has 0 atom stereocenters. The van der Waals surface area contributed by atoms with E-state index in [1.807, 2.05) is 6.92 Å². The molecule has 0 bridgehead atoms. The standard InChI is InChI=1S/C9H14N4O3/c1-2-3-10-4-5-12-7-8(13(15)16)6-11-9(12)14/h6-7,10H,2-5H2,1H3. The van der Waals surface area contributed by atoms with Crippen LogP contribution in [-0.2, 0) is 6.54 Å². The van der Waals surface area contributed by atoms with Crippen LogP contribution < -0.4 is 11.0 Å². The Labute approximate surface area is 92.3 Å². The molecule has 7 nitrogen and oxygen atoms in total. The Kier molecular flexibility index (Phi) is 4.59. The molecule has 0 aliphatic heterocycles. The highest BCUT2D eigenvalue weighted by Gasteiger charge is 2.08. The zero-order valence-corrected chi connectivity index (χ0v) is 9.05. The summed E-state index contributed by atoms with van der Waals surface area (Å²) in [7, 11) is 0. The van der Waals surface area contributed by atoms with Crippen molar-refractivity contribution in [2.75, 3.05) is 13.1 Å². The summed E-state index contributed by atoms with van der Waals surface area (Å²) in [5.74, 6) is 0. The molecule has 0 aliphatic rings. The van der Waals surface area contributed by atoms with E-state index < -0.39 is 10.6 Å². The Bertz CT molecular complexity index is 415. The van der Waals surface area contributed by atoms with Crippen LogP contribution in [0.5, 0.6) is 0 Å². The summed E-state index contributed by atoms with van der Waals surface area (Å²) in [6, 6.07) is 0. The fourth-order valence-electron chi connectivity index (χ4n) is 1.20. The van der Waals surface area contributed by atoms with Gasteiger partial charge in [-0.05, 0) is 13.0 Å². The van der Waals surface area contributed by atoms with Crippen LogP contribution in [0.1, 0.15) is 13.3 Å². The lowest BCUT2D eigenvalue weighted by Crippen LogP contribution is -2.28. The van der Waals surface area contributed by atoms with Crippen molar-refractivity contribution in [2.24, 2.45) is 0 Å². The second kappa shape index (κ2) is 5.96. The third-order valence-electron chi connectivity index (χ3n) is 2.01. The van der Waals surface area contributed by atoms with E-state index in [0.717, 1.165) is 19.2 Å². The van der Waals surface area contributed by atoms with Gasteiger partial charge in [-0.15, -0.1) is 0 Å². The van der Waals surface area contributed by atoms with Crippen LogP contribution in [0.3, 0.4) is 0 Å². The van der Waals surface area contributed by atoms with E-state index in [9.17, 15) is 14.9 Å². The molecule has 1 N–H and O–H groups in total. The molecule has 0 radical (unpaired) electrons. The van der Waals surface area contributed by atoms with Gasteiger partial charge in [0.15, 0.2) is 0 Å². The molecule has 16 heavy (non-hydrogen) atoms. The fourth-order valence-corrected chi connectivity index (χ4v) is 1.20. The van der Waals surface area contributed by atoms with Crippen molar-refractivity contribution >= 4 is 5.69 Å². The summed E-state index contributed by atoms with van der Waals surface area (Å²) < 4.78 is 1.24. The molecule has 0 amide bonds. The lowest BCUT2D eigenvalue weighted by atomic mass is 10.4. The molecule has 0 fully saturated rings. The van der Waals surface area contributed by atoms with Crippen molar-refractivity contribution in [3.8, 4) is 0 Å². The Hall–Kier alpha value is -1.76. The van der Waals surface area contributed by atoms with E-state index in [2.05, 4.69) is 10.3 Å². The molecule has 0 spiro atoms. The van der Waals surface area contributed by atoms with Crippen LogP contribution in [0.25, 0.3) is 0 Å². The molecule has 88 valence electrons. The molecule has 0 aliphatic carbocycles. The second-order valence-electron chi connectivity index (χ2n) is 3.30. The number of aromatic nitrogens is 2. The average Bonchev–Trinajstić information content (AvgIpc) is 2.26. The largest absolute Gasteiger partial charge is 0.348 e. The van der Waals surface area contributed by atoms with E-state index in [0.29, 0.717) is 13.1 Å². The highest BCUT2D eigenvalue weighted by Crippen LogP contribution is 2.03. The van der Waals surface area contributed by atoms with Gasteiger partial charge in [0.1, 0.15) is 6.20 Å². The lowest BCUT2D eigenvalue weighted by molar-refractivity contribution is -0.385. The summed E-state index contributed by atoms with van der Waals surface area (Å²) >= 11 is 0. The van der Waals surface area contributed by atoms with Gasteiger partial charge in [0.25, 0.3) is 0 Å². The molecule has 0 saturated carbocycles. The maximum atomic E-state index is 11.3. The minimum Gasteiger partial charge on any atom is -0.315 e. The summed E-state index contributed by atoms with van der Waals surface area (Å²) in [6.07, 6.45) is 3.18. The third kappa shape index (κ3) is 3.43. The highest BCUT2D eigenvalue weighted by atomic mass is 16.6. The maximum Gasteiger partial charge on any atom is 0.348 e. The van der Waals surface area contributed by atoms with Gasteiger partial charge in [-0.2, -0.15) is 4.98 Å².